The van der Waals surface area contributed by atoms with Crippen LogP contribution in [0.15, 0.2) is 35.3 Å². The zero-order chi connectivity index (χ0) is 13.2. The van der Waals surface area contributed by atoms with E-state index in [1.165, 1.54) is 0 Å². The van der Waals surface area contributed by atoms with Crippen molar-refractivity contribution in [1.82, 2.24) is 5.43 Å². The van der Waals surface area contributed by atoms with Crippen LogP contribution in [0.4, 0.5) is 5.69 Å². The summed E-state index contributed by atoms with van der Waals surface area (Å²) in [6.07, 6.45) is 0.883. The Morgan fingerprint density at radius 2 is 2.11 bits per heavy atom. The molecule has 0 radical (unpaired) electrons. The monoisotopic (exact) mass is 250 g/mol. The molecule has 0 bridgehead atoms. The summed E-state index contributed by atoms with van der Waals surface area (Å²) < 4.78 is 4.99. The molecule has 0 heterocycles. The molecule has 0 atom stereocenters. The summed E-state index contributed by atoms with van der Waals surface area (Å²) in [7, 11) is 1.69. The van der Waals surface area contributed by atoms with E-state index in [4.69, 9.17) is 10.6 Å². The summed E-state index contributed by atoms with van der Waals surface area (Å²) in [6.45, 7) is 4.27. The molecule has 1 rings (SSSR count). The van der Waals surface area contributed by atoms with Gasteiger partial charge in [-0.1, -0.05) is 18.2 Å². The molecule has 0 fully saturated rings. The highest BCUT2D eigenvalue weighted by molar-refractivity contribution is 5.95. The molecule has 0 saturated carbocycles. The van der Waals surface area contributed by atoms with Gasteiger partial charge in [-0.15, -0.1) is 0 Å². The SMILES string of the molecule is CCN(C(=NCCCOC)NN)c1ccccc1. The summed E-state index contributed by atoms with van der Waals surface area (Å²) in [6, 6.07) is 10.0. The van der Waals surface area contributed by atoms with E-state index in [9.17, 15) is 0 Å². The number of para-hydroxylation sites is 1. The van der Waals surface area contributed by atoms with Crippen LogP contribution in [0.5, 0.6) is 0 Å². The van der Waals surface area contributed by atoms with E-state index in [-0.39, 0.29) is 0 Å². The van der Waals surface area contributed by atoms with Gasteiger partial charge in [-0.2, -0.15) is 0 Å². The van der Waals surface area contributed by atoms with Crippen LogP contribution in [-0.2, 0) is 4.74 Å². The largest absolute Gasteiger partial charge is 0.385 e. The van der Waals surface area contributed by atoms with E-state index in [0.717, 1.165) is 18.7 Å². The van der Waals surface area contributed by atoms with Gasteiger partial charge in [-0.3, -0.25) is 10.4 Å². The van der Waals surface area contributed by atoms with Gasteiger partial charge in [0.1, 0.15) is 0 Å². The Kier molecular flexibility index (Phi) is 6.83. The lowest BCUT2D eigenvalue weighted by Crippen LogP contribution is -2.45. The van der Waals surface area contributed by atoms with Crippen LogP contribution in [0, 0.1) is 0 Å². The first-order chi connectivity index (χ1) is 8.83. The van der Waals surface area contributed by atoms with Crippen LogP contribution in [0.3, 0.4) is 0 Å². The van der Waals surface area contributed by atoms with Gasteiger partial charge < -0.3 is 9.64 Å². The Labute approximate surface area is 109 Å². The van der Waals surface area contributed by atoms with Crippen LogP contribution < -0.4 is 16.2 Å². The van der Waals surface area contributed by atoms with Gasteiger partial charge in [0.05, 0.1) is 0 Å². The molecule has 5 nitrogen and oxygen atoms in total. The highest BCUT2D eigenvalue weighted by Gasteiger charge is 2.09. The average Bonchev–Trinajstić information content (AvgIpc) is 2.43. The molecular weight excluding hydrogens is 228 g/mol. The number of nitrogens with one attached hydrogen (secondary N) is 1. The van der Waals surface area contributed by atoms with Crippen LogP contribution >= 0.6 is 0 Å². The van der Waals surface area contributed by atoms with Crippen molar-refractivity contribution in [3.63, 3.8) is 0 Å². The van der Waals surface area contributed by atoms with Crippen molar-refractivity contribution < 1.29 is 4.74 Å². The maximum atomic E-state index is 5.55. The first kappa shape index (κ1) is 14.5. The smallest absolute Gasteiger partial charge is 0.212 e. The van der Waals surface area contributed by atoms with Gasteiger partial charge >= 0.3 is 0 Å². The number of benzene rings is 1. The molecule has 5 heteroatoms. The third kappa shape index (κ3) is 4.35. The number of methoxy groups -OCH3 is 1. The average molecular weight is 250 g/mol. The van der Waals surface area contributed by atoms with Crippen molar-refractivity contribution in [3.05, 3.63) is 30.3 Å². The Morgan fingerprint density at radius 3 is 2.67 bits per heavy atom. The van der Waals surface area contributed by atoms with Gasteiger partial charge in [-0.25, -0.2) is 5.84 Å². The molecule has 0 aliphatic heterocycles. The molecule has 0 amide bonds. The number of rotatable bonds is 6. The first-order valence-electron chi connectivity index (χ1n) is 6.16. The lowest BCUT2D eigenvalue weighted by atomic mass is 10.3. The van der Waals surface area contributed by atoms with Crippen LogP contribution in [0.2, 0.25) is 0 Å². The third-order valence-corrected chi connectivity index (χ3v) is 2.54. The van der Waals surface area contributed by atoms with E-state index in [1.54, 1.807) is 7.11 Å². The predicted molar refractivity (Wildman–Crippen MR) is 75.6 cm³/mol. The number of anilines is 1. The van der Waals surface area contributed by atoms with E-state index >= 15 is 0 Å². The molecule has 0 saturated heterocycles. The fourth-order valence-electron chi connectivity index (χ4n) is 1.67. The second kappa shape index (κ2) is 8.49. The quantitative estimate of drug-likeness (QED) is 0.263. The second-order valence-corrected chi connectivity index (χ2v) is 3.78. The molecule has 100 valence electrons. The third-order valence-electron chi connectivity index (χ3n) is 2.54. The number of hydrogen-bond donors (Lipinski definition) is 2. The number of ether oxygens (including phenoxy) is 1. The van der Waals surface area contributed by atoms with E-state index in [1.807, 2.05) is 35.2 Å². The Balaban J connectivity index is 2.71. The summed E-state index contributed by atoms with van der Waals surface area (Å²) in [5.74, 6) is 6.23. The minimum Gasteiger partial charge on any atom is -0.385 e. The summed E-state index contributed by atoms with van der Waals surface area (Å²) in [4.78, 5) is 6.49. The molecule has 18 heavy (non-hydrogen) atoms. The first-order valence-corrected chi connectivity index (χ1v) is 6.16. The van der Waals surface area contributed by atoms with Crippen molar-refractivity contribution in [2.24, 2.45) is 10.8 Å². The van der Waals surface area contributed by atoms with Crippen molar-refractivity contribution in [1.29, 1.82) is 0 Å². The number of nitrogens with two attached hydrogens (primary N) is 1. The Bertz CT molecular complexity index is 353. The molecule has 0 aliphatic rings. The van der Waals surface area contributed by atoms with E-state index in [0.29, 0.717) is 19.1 Å². The molecule has 0 aromatic heterocycles. The maximum absolute atomic E-state index is 5.55. The Hall–Kier alpha value is -1.59. The number of nitrogens with zero attached hydrogens (tertiary/aromatic N) is 2. The molecule has 1 aromatic rings. The molecule has 1 aromatic carbocycles. The van der Waals surface area contributed by atoms with Crippen LogP contribution in [-0.4, -0.2) is 32.8 Å². The number of guanidine groups is 1. The maximum Gasteiger partial charge on any atom is 0.212 e. The molecular formula is C13H22N4O. The number of aliphatic imine (C=N–C) groups is 1. The molecule has 0 aliphatic carbocycles. The van der Waals surface area contributed by atoms with Gasteiger partial charge in [-0.05, 0) is 25.5 Å². The van der Waals surface area contributed by atoms with Crippen molar-refractivity contribution >= 4 is 11.6 Å². The molecule has 0 unspecified atom stereocenters. The summed E-state index contributed by atoms with van der Waals surface area (Å²) in [5, 5.41) is 0. The van der Waals surface area contributed by atoms with E-state index < -0.39 is 0 Å². The van der Waals surface area contributed by atoms with Crippen molar-refractivity contribution in [2.75, 3.05) is 31.7 Å². The predicted octanol–water partition coefficient (Wildman–Crippen LogP) is 1.37. The number of hydrogen-bond acceptors (Lipinski definition) is 3. The zero-order valence-corrected chi connectivity index (χ0v) is 11.1. The molecule has 3 N–H and O–H groups in total. The lowest BCUT2D eigenvalue weighted by molar-refractivity contribution is 0.197. The number of hydrazine groups is 1. The van der Waals surface area contributed by atoms with Gasteiger partial charge in [0.25, 0.3) is 0 Å². The normalized spacial score (nSPS) is 11.4. The minimum absolute atomic E-state index is 0.680. The fourth-order valence-corrected chi connectivity index (χ4v) is 1.67. The van der Waals surface area contributed by atoms with Crippen LogP contribution in [0.1, 0.15) is 13.3 Å². The van der Waals surface area contributed by atoms with Gasteiger partial charge in [0.15, 0.2) is 0 Å². The van der Waals surface area contributed by atoms with Gasteiger partial charge in [0.2, 0.25) is 5.96 Å². The zero-order valence-electron chi connectivity index (χ0n) is 11.1. The second-order valence-electron chi connectivity index (χ2n) is 3.78. The van der Waals surface area contributed by atoms with E-state index in [2.05, 4.69) is 17.3 Å². The topological polar surface area (TPSA) is 62.9 Å². The van der Waals surface area contributed by atoms with Crippen LogP contribution in [0.25, 0.3) is 0 Å². The molecule has 0 spiro atoms. The summed E-state index contributed by atoms with van der Waals surface area (Å²) >= 11 is 0. The highest BCUT2D eigenvalue weighted by atomic mass is 16.5. The van der Waals surface area contributed by atoms with Crippen molar-refractivity contribution in [2.45, 2.75) is 13.3 Å². The standard InChI is InChI=1S/C13H22N4O/c1-3-17(12-8-5-4-6-9-12)13(16-14)15-10-7-11-18-2/h4-6,8-9H,3,7,10-11,14H2,1-2H3,(H,15,16). The summed E-state index contributed by atoms with van der Waals surface area (Å²) in [5.41, 5.74) is 3.74. The minimum atomic E-state index is 0.680. The van der Waals surface area contributed by atoms with Gasteiger partial charge in [0, 0.05) is 32.5 Å². The Morgan fingerprint density at radius 1 is 1.39 bits per heavy atom. The highest BCUT2D eigenvalue weighted by Crippen LogP contribution is 2.12. The fraction of sp³-hybridized carbons (Fsp3) is 0.462. The van der Waals surface area contributed by atoms with Crippen molar-refractivity contribution in [3.8, 4) is 0 Å². The lowest BCUT2D eigenvalue weighted by Gasteiger charge is -2.24.